The van der Waals surface area contributed by atoms with Gasteiger partial charge in [-0.3, -0.25) is 0 Å². The quantitative estimate of drug-likeness (QED) is 0.892. The van der Waals surface area contributed by atoms with Crippen LogP contribution in [-0.4, -0.2) is 21.2 Å². The van der Waals surface area contributed by atoms with E-state index in [-0.39, 0.29) is 6.04 Å². The van der Waals surface area contributed by atoms with E-state index in [4.69, 9.17) is 4.74 Å². The van der Waals surface area contributed by atoms with Gasteiger partial charge in [0.05, 0.1) is 24.3 Å². The highest BCUT2D eigenvalue weighted by molar-refractivity contribution is 5.68. The zero-order chi connectivity index (χ0) is 15.3. The smallest absolute Gasteiger partial charge is 0.408 e. The molecular formula is C15H27N3O2. The fourth-order valence-electron chi connectivity index (χ4n) is 2.13. The highest BCUT2D eigenvalue weighted by Gasteiger charge is 2.20. The van der Waals surface area contributed by atoms with Crippen LogP contribution in [0.5, 0.6) is 0 Å². The Balaban J connectivity index is 2.71. The van der Waals surface area contributed by atoms with Crippen LogP contribution in [0.4, 0.5) is 4.79 Å². The zero-order valence-corrected chi connectivity index (χ0v) is 13.4. The Bertz CT molecular complexity index is 435. The van der Waals surface area contributed by atoms with Crippen molar-refractivity contribution >= 4 is 6.09 Å². The number of aromatic nitrogens is 2. The van der Waals surface area contributed by atoms with Gasteiger partial charge < -0.3 is 14.6 Å². The summed E-state index contributed by atoms with van der Waals surface area (Å²) in [6.07, 6.45) is 5.42. The average molecular weight is 281 g/mol. The molecule has 1 heterocycles. The molecule has 5 heteroatoms. The maximum Gasteiger partial charge on any atom is 0.408 e. The number of carbonyl (C=O) groups is 1. The van der Waals surface area contributed by atoms with Gasteiger partial charge >= 0.3 is 6.09 Å². The lowest BCUT2D eigenvalue weighted by atomic mass is 10.1. The number of hydrogen-bond donors (Lipinski definition) is 1. The summed E-state index contributed by atoms with van der Waals surface area (Å²) in [5, 5.41) is 2.85. The first kappa shape index (κ1) is 16.5. The Morgan fingerprint density at radius 3 is 2.65 bits per heavy atom. The minimum Gasteiger partial charge on any atom is -0.444 e. The van der Waals surface area contributed by atoms with Crippen molar-refractivity contribution in [3.05, 3.63) is 18.2 Å². The van der Waals surface area contributed by atoms with Crippen molar-refractivity contribution in [3.8, 4) is 0 Å². The maximum absolute atomic E-state index is 11.8. The van der Waals surface area contributed by atoms with Gasteiger partial charge in [0, 0.05) is 6.04 Å². The lowest BCUT2D eigenvalue weighted by Crippen LogP contribution is -2.34. The number of rotatable bonds is 5. The number of carbonyl (C=O) groups excluding carboxylic acids is 1. The van der Waals surface area contributed by atoms with E-state index in [0.29, 0.717) is 6.04 Å². The number of imidazole rings is 1. The van der Waals surface area contributed by atoms with Crippen molar-refractivity contribution in [1.82, 2.24) is 14.9 Å². The van der Waals surface area contributed by atoms with E-state index >= 15 is 0 Å². The lowest BCUT2D eigenvalue weighted by Gasteiger charge is -2.23. The Labute approximate surface area is 121 Å². The highest BCUT2D eigenvalue weighted by Crippen LogP contribution is 2.20. The minimum absolute atomic E-state index is 0.133. The van der Waals surface area contributed by atoms with Crippen LogP contribution in [0.1, 0.15) is 72.2 Å². The molecule has 0 aliphatic carbocycles. The number of nitrogens with zero attached hydrogens (tertiary/aromatic N) is 2. The molecule has 0 aliphatic rings. The molecule has 114 valence electrons. The van der Waals surface area contributed by atoms with Gasteiger partial charge in [-0.1, -0.05) is 13.3 Å². The summed E-state index contributed by atoms with van der Waals surface area (Å²) in [5.41, 5.74) is 0.510. The molecule has 1 rings (SSSR count). The van der Waals surface area contributed by atoms with Crippen LogP contribution in [0, 0.1) is 0 Å². The van der Waals surface area contributed by atoms with Crippen molar-refractivity contribution in [2.45, 2.75) is 72.1 Å². The van der Waals surface area contributed by atoms with E-state index in [2.05, 4.69) is 28.7 Å². The second-order valence-corrected chi connectivity index (χ2v) is 6.23. The summed E-state index contributed by atoms with van der Waals surface area (Å²) >= 11 is 0. The standard InChI is InChI=1S/C15H27N3O2/c1-7-8-11(2)18-10-16-9-13(18)12(3)17-14(19)20-15(4,5)6/h9-12H,7-8H2,1-6H3,(H,17,19)/t11?,12-/m1/s1. The first-order valence-corrected chi connectivity index (χ1v) is 7.25. The van der Waals surface area contributed by atoms with Crippen LogP contribution in [-0.2, 0) is 4.74 Å². The topological polar surface area (TPSA) is 56.2 Å². The number of hydrogen-bond acceptors (Lipinski definition) is 3. The zero-order valence-electron chi connectivity index (χ0n) is 13.4. The van der Waals surface area contributed by atoms with Crippen LogP contribution < -0.4 is 5.32 Å². The van der Waals surface area contributed by atoms with Crippen LogP contribution >= 0.6 is 0 Å². The first-order valence-electron chi connectivity index (χ1n) is 7.25. The van der Waals surface area contributed by atoms with Gasteiger partial charge in [0.1, 0.15) is 5.60 Å². The fourth-order valence-corrected chi connectivity index (χ4v) is 2.13. The maximum atomic E-state index is 11.8. The molecule has 0 saturated heterocycles. The minimum atomic E-state index is -0.487. The monoisotopic (exact) mass is 281 g/mol. The molecule has 0 saturated carbocycles. The van der Waals surface area contributed by atoms with Gasteiger partial charge in [-0.2, -0.15) is 0 Å². The van der Waals surface area contributed by atoms with E-state index in [1.54, 1.807) is 6.20 Å². The Hall–Kier alpha value is -1.52. The van der Waals surface area contributed by atoms with Crippen molar-refractivity contribution in [2.24, 2.45) is 0 Å². The number of amides is 1. The molecule has 1 aromatic rings. The van der Waals surface area contributed by atoms with Gasteiger partial charge in [0.15, 0.2) is 0 Å². The third-order valence-corrected chi connectivity index (χ3v) is 3.05. The summed E-state index contributed by atoms with van der Waals surface area (Å²) in [6.45, 7) is 11.8. The Kier molecular flexibility index (Phi) is 5.60. The van der Waals surface area contributed by atoms with Gasteiger partial charge in [0.25, 0.3) is 0 Å². The number of nitrogens with one attached hydrogen (secondary N) is 1. The predicted octanol–water partition coefficient (Wildman–Crippen LogP) is 3.83. The third kappa shape index (κ3) is 4.87. The molecule has 1 aromatic heterocycles. The SMILES string of the molecule is CCCC(C)n1cncc1[C@@H](C)NC(=O)OC(C)(C)C. The summed E-state index contributed by atoms with van der Waals surface area (Å²) < 4.78 is 7.39. The molecule has 1 N–H and O–H groups in total. The molecule has 0 bridgehead atoms. The molecule has 20 heavy (non-hydrogen) atoms. The van der Waals surface area contributed by atoms with Crippen LogP contribution in [0.25, 0.3) is 0 Å². The Morgan fingerprint density at radius 1 is 1.45 bits per heavy atom. The summed E-state index contributed by atoms with van der Waals surface area (Å²) in [7, 11) is 0. The molecule has 0 radical (unpaired) electrons. The molecule has 2 atom stereocenters. The molecule has 0 spiro atoms. The second kappa shape index (κ2) is 6.77. The van der Waals surface area contributed by atoms with Crippen LogP contribution in [0.3, 0.4) is 0 Å². The largest absolute Gasteiger partial charge is 0.444 e. The van der Waals surface area contributed by atoms with E-state index in [1.165, 1.54) is 0 Å². The molecular weight excluding hydrogens is 254 g/mol. The molecule has 1 amide bonds. The summed E-state index contributed by atoms with van der Waals surface area (Å²) in [5.74, 6) is 0. The lowest BCUT2D eigenvalue weighted by molar-refractivity contribution is 0.0505. The third-order valence-electron chi connectivity index (χ3n) is 3.05. The van der Waals surface area contributed by atoms with Crippen molar-refractivity contribution < 1.29 is 9.53 Å². The normalized spacial score (nSPS) is 14.7. The molecule has 1 unspecified atom stereocenters. The van der Waals surface area contributed by atoms with E-state index < -0.39 is 11.7 Å². The summed E-state index contributed by atoms with van der Waals surface area (Å²) in [4.78, 5) is 16.0. The van der Waals surface area contributed by atoms with Crippen molar-refractivity contribution in [1.29, 1.82) is 0 Å². The predicted molar refractivity (Wildman–Crippen MR) is 79.6 cm³/mol. The summed E-state index contributed by atoms with van der Waals surface area (Å²) in [6, 6.07) is 0.243. The average Bonchev–Trinajstić information content (AvgIpc) is 2.75. The Morgan fingerprint density at radius 2 is 2.10 bits per heavy atom. The van der Waals surface area contributed by atoms with Gasteiger partial charge in [-0.15, -0.1) is 0 Å². The molecule has 5 nitrogen and oxygen atoms in total. The number of ether oxygens (including phenoxy) is 1. The van der Waals surface area contributed by atoms with Gasteiger partial charge in [-0.25, -0.2) is 9.78 Å². The molecule has 0 aromatic carbocycles. The van der Waals surface area contributed by atoms with E-state index in [9.17, 15) is 4.79 Å². The van der Waals surface area contributed by atoms with Crippen LogP contribution in [0.2, 0.25) is 0 Å². The number of alkyl carbamates (subject to hydrolysis) is 1. The van der Waals surface area contributed by atoms with E-state index in [0.717, 1.165) is 18.5 Å². The van der Waals surface area contributed by atoms with Gasteiger partial charge in [0.2, 0.25) is 0 Å². The van der Waals surface area contributed by atoms with E-state index in [1.807, 2.05) is 34.0 Å². The fraction of sp³-hybridized carbons (Fsp3) is 0.733. The van der Waals surface area contributed by atoms with Crippen molar-refractivity contribution in [2.75, 3.05) is 0 Å². The molecule has 0 aliphatic heterocycles. The molecule has 0 fully saturated rings. The van der Waals surface area contributed by atoms with Crippen molar-refractivity contribution in [3.63, 3.8) is 0 Å². The first-order chi connectivity index (χ1) is 9.24. The highest BCUT2D eigenvalue weighted by atomic mass is 16.6. The van der Waals surface area contributed by atoms with Gasteiger partial charge in [-0.05, 0) is 41.0 Å². The second-order valence-electron chi connectivity index (χ2n) is 6.23. The van der Waals surface area contributed by atoms with Crippen LogP contribution in [0.15, 0.2) is 12.5 Å².